The third-order valence-electron chi connectivity index (χ3n) is 5.27. The third kappa shape index (κ3) is 3.67. The van der Waals surface area contributed by atoms with Crippen molar-refractivity contribution in [2.75, 3.05) is 12.4 Å². The summed E-state index contributed by atoms with van der Waals surface area (Å²) in [4.78, 5) is 27.0. The van der Waals surface area contributed by atoms with E-state index in [4.69, 9.17) is 9.72 Å². The van der Waals surface area contributed by atoms with Crippen LogP contribution in [0.1, 0.15) is 21.5 Å². The quantitative estimate of drug-likeness (QED) is 0.383. The summed E-state index contributed by atoms with van der Waals surface area (Å²) < 4.78 is 6.23. The van der Waals surface area contributed by atoms with Crippen molar-refractivity contribution in [1.82, 2.24) is 15.0 Å². The molecule has 0 aliphatic carbocycles. The Morgan fingerprint density at radius 1 is 1.06 bits per heavy atom. The number of amides is 1. The van der Waals surface area contributed by atoms with Crippen molar-refractivity contribution < 1.29 is 9.53 Å². The summed E-state index contributed by atoms with van der Waals surface area (Å²) in [6.07, 6.45) is 3.47. The second-order valence-corrected chi connectivity index (χ2v) is 8.61. The number of fused-ring (bicyclic) bond motifs is 2. The molecule has 1 amide bonds. The van der Waals surface area contributed by atoms with Gasteiger partial charge >= 0.3 is 0 Å². The first-order chi connectivity index (χ1) is 15.5. The minimum Gasteiger partial charge on any atom is -0.497 e. The molecule has 0 radical (unpaired) electrons. The number of ether oxygens (including phenoxy) is 1. The number of aromatic nitrogens is 3. The van der Waals surface area contributed by atoms with Gasteiger partial charge in [-0.15, -0.1) is 0 Å². The molecule has 5 rings (SSSR count). The minimum absolute atomic E-state index is 0.224. The van der Waals surface area contributed by atoms with Gasteiger partial charge < -0.3 is 4.74 Å². The number of nitrogens with zero attached hydrogens (tertiary/aromatic N) is 3. The average Bonchev–Trinajstić information content (AvgIpc) is 3.20. The van der Waals surface area contributed by atoms with Crippen LogP contribution in [0.2, 0.25) is 0 Å². The zero-order chi connectivity index (χ0) is 22.2. The summed E-state index contributed by atoms with van der Waals surface area (Å²) in [5.74, 6) is 0.532. The SMILES string of the molecule is COc1ccc2nc(NC(=O)c3cc(-c4cccnc4)nc4c(C)cc(C)cc34)sc2c1. The maximum absolute atomic E-state index is 13.4. The Kier molecular flexibility index (Phi) is 5.03. The van der Waals surface area contributed by atoms with Crippen LogP contribution in [0.4, 0.5) is 5.13 Å². The monoisotopic (exact) mass is 440 g/mol. The van der Waals surface area contributed by atoms with Gasteiger partial charge in [-0.3, -0.25) is 15.1 Å². The van der Waals surface area contributed by atoms with Gasteiger partial charge in [0, 0.05) is 23.3 Å². The van der Waals surface area contributed by atoms with E-state index in [1.807, 2.05) is 56.3 Å². The summed E-state index contributed by atoms with van der Waals surface area (Å²) in [6.45, 7) is 4.03. The molecule has 0 fully saturated rings. The molecule has 0 saturated heterocycles. The number of hydrogen-bond acceptors (Lipinski definition) is 6. The maximum Gasteiger partial charge on any atom is 0.258 e. The fraction of sp³-hybridized carbons (Fsp3) is 0.120. The molecule has 7 heteroatoms. The van der Waals surface area contributed by atoms with Crippen molar-refractivity contribution in [3.05, 3.63) is 77.6 Å². The van der Waals surface area contributed by atoms with Gasteiger partial charge in [0.1, 0.15) is 5.75 Å². The number of hydrogen-bond donors (Lipinski definition) is 1. The Bertz CT molecular complexity index is 1480. The fourth-order valence-corrected chi connectivity index (χ4v) is 4.67. The van der Waals surface area contributed by atoms with Gasteiger partial charge in [0.2, 0.25) is 0 Å². The number of methoxy groups -OCH3 is 1. The van der Waals surface area contributed by atoms with Gasteiger partial charge in [-0.1, -0.05) is 23.0 Å². The van der Waals surface area contributed by atoms with Crippen LogP contribution < -0.4 is 10.1 Å². The van der Waals surface area contributed by atoms with E-state index in [1.54, 1.807) is 19.5 Å². The van der Waals surface area contributed by atoms with Crippen molar-refractivity contribution in [1.29, 1.82) is 0 Å². The molecule has 158 valence electrons. The van der Waals surface area contributed by atoms with Crippen LogP contribution in [0.5, 0.6) is 5.75 Å². The van der Waals surface area contributed by atoms with Crippen LogP contribution in [0.3, 0.4) is 0 Å². The molecule has 0 unspecified atom stereocenters. The number of rotatable bonds is 4. The largest absolute Gasteiger partial charge is 0.497 e. The van der Waals surface area contributed by atoms with Gasteiger partial charge in [-0.05, 0) is 61.9 Å². The third-order valence-corrected chi connectivity index (χ3v) is 6.20. The van der Waals surface area contributed by atoms with Crippen LogP contribution in [0.25, 0.3) is 32.4 Å². The second-order valence-electron chi connectivity index (χ2n) is 7.58. The average molecular weight is 441 g/mol. The number of carbonyl (C=O) groups excluding carboxylic acids is 1. The number of pyridine rings is 2. The van der Waals surface area contributed by atoms with Crippen molar-refractivity contribution >= 4 is 43.5 Å². The Labute approximate surface area is 188 Å². The second kappa shape index (κ2) is 8.01. The number of thiazole rings is 1. The van der Waals surface area contributed by atoms with Crippen LogP contribution in [0.15, 0.2) is 60.9 Å². The molecular weight excluding hydrogens is 420 g/mol. The molecule has 3 heterocycles. The van der Waals surface area contributed by atoms with E-state index >= 15 is 0 Å². The zero-order valence-electron chi connectivity index (χ0n) is 17.8. The summed E-state index contributed by atoms with van der Waals surface area (Å²) in [5.41, 5.74) is 5.83. The van der Waals surface area contributed by atoms with Crippen molar-refractivity contribution in [3.8, 4) is 17.0 Å². The van der Waals surface area contributed by atoms with E-state index in [2.05, 4.69) is 21.4 Å². The number of anilines is 1. The lowest BCUT2D eigenvalue weighted by Crippen LogP contribution is -2.13. The first kappa shape index (κ1) is 20.1. The highest BCUT2D eigenvalue weighted by Gasteiger charge is 2.17. The fourth-order valence-electron chi connectivity index (χ4n) is 3.78. The topological polar surface area (TPSA) is 77.0 Å². The van der Waals surface area contributed by atoms with Crippen LogP contribution in [-0.2, 0) is 0 Å². The van der Waals surface area contributed by atoms with Crippen molar-refractivity contribution in [3.63, 3.8) is 0 Å². The predicted octanol–water partition coefficient (Wildman–Crippen LogP) is 5.78. The number of aryl methyl sites for hydroxylation is 2. The molecule has 0 atom stereocenters. The molecule has 3 aromatic heterocycles. The smallest absolute Gasteiger partial charge is 0.258 e. The van der Waals surface area contributed by atoms with Gasteiger partial charge in [0.15, 0.2) is 5.13 Å². The number of benzene rings is 2. The van der Waals surface area contributed by atoms with Gasteiger partial charge in [-0.25, -0.2) is 9.97 Å². The molecule has 0 aliphatic rings. The molecule has 0 bridgehead atoms. The lowest BCUT2D eigenvalue weighted by molar-refractivity contribution is 0.102. The first-order valence-electron chi connectivity index (χ1n) is 10.1. The zero-order valence-corrected chi connectivity index (χ0v) is 18.7. The van der Waals surface area contributed by atoms with Crippen molar-refractivity contribution in [2.24, 2.45) is 0 Å². The van der Waals surface area contributed by atoms with E-state index in [1.165, 1.54) is 11.3 Å². The highest BCUT2D eigenvalue weighted by molar-refractivity contribution is 7.22. The van der Waals surface area contributed by atoms with E-state index in [-0.39, 0.29) is 5.91 Å². The van der Waals surface area contributed by atoms with E-state index in [9.17, 15) is 4.79 Å². The number of carbonyl (C=O) groups is 1. The van der Waals surface area contributed by atoms with Crippen LogP contribution >= 0.6 is 11.3 Å². The van der Waals surface area contributed by atoms with Crippen molar-refractivity contribution in [2.45, 2.75) is 13.8 Å². The minimum atomic E-state index is -0.224. The number of nitrogens with one attached hydrogen (secondary N) is 1. The molecule has 1 N–H and O–H groups in total. The molecular formula is C25H20N4O2S. The molecule has 6 nitrogen and oxygen atoms in total. The summed E-state index contributed by atoms with van der Waals surface area (Å²) in [6, 6.07) is 15.4. The maximum atomic E-state index is 13.4. The Morgan fingerprint density at radius 3 is 2.72 bits per heavy atom. The van der Waals surface area contributed by atoms with Gasteiger partial charge in [-0.2, -0.15) is 0 Å². The Hall–Kier alpha value is -3.84. The van der Waals surface area contributed by atoms with Crippen LogP contribution in [0, 0.1) is 13.8 Å². The molecule has 0 saturated carbocycles. The lowest BCUT2D eigenvalue weighted by atomic mass is 10.00. The molecule has 0 spiro atoms. The predicted molar refractivity (Wildman–Crippen MR) is 129 cm³/mol. The normalized spacial score (nSPS) is 11.1. The van der Waals surface area contributed by atoms with E-state index in [0.29, 0.717) is 16.4 Å². The summed E-state index contributed by atoms with van der Waals surface area (Å²) in [7, 11) is 1.63. The van der Waals surface area contributed by atoms with Crippen LogP contribution in [-0.4, -0.2) is 28.0 Å². The standard InChI is InChI=1S/C25H20N4O2S/c1-14-9-15(2)23-18(10-14)19(12-21(27-23)16-5-4-8-26-13-16)24(30)29-25-28-20-7-6-17(31-3)11-22(20)32-25/h4-13H,1-3H3,(H,28,29,30). The molecule has 32 heavy (non-hydrogen) atoms. The molecule has 0 aliphatic heterocycles. The molecule has 2 aromatic carbocycles. The summed E-state index contributed by atoms with van der Waals surface area (Å²) in [5, 5.41) is 4.33. The highest BCUT2D eigenvalue weighted by atomic mass is 32.1. The summed E-state index contributed by atoms with van der Waals surface area (Å²) >= 11 is 1.41. The van der Waals surface area contributed by atoms with Gasteiger partial charge in [0.25, 0.3) is 5.91 Å². The Morgan fingerprint density at radius 2 is 1.94 bits per heavy atom. The molecule has 5 aromatic rings. The highest BCUT2D eigenvalue weighted by Crippen LogP contribution is 2.31. The first-order valence-corrected chi connectivity index (χ1v) is 10.9. The van der Waals surface area contributed by atoms with E-state index in [0.717, 1.165) is 43.6 Å². The van der Waals surface area contributed by atoms with E-state index < -0.39 is 0 Å². The Balaban J connectivity index is 1.61. The van der Waals surface area contributed by atoms with Gasteiger partial charge in [0.05, 0.1) is 34.1 Å². The lowest BCUT2D eigenvalue weighted by Gasteiger charge is -2.12.